The van der Waals surface area contributed by atoms with E-state index in [-0.39, 0.29) is 35.6 Å². The van der Waals surface area contributed by atoms with Crippen molar-refractivity contribution in [1.29, 1.82) is 0 Å². The summed E-state index contributed by atoms with van der Waals surface area (Å²) < 4.78 is 5.46. The summed E-state index contributed by atoms with van der Waals surface area (Å²) in [5.74, 6) is -0.198. The standard InChI is InChI=1S/C21H32N4O5/c1-15(2)30-13-5-10-22-21(27)17-8-11-24(12-9-17)16(3)20(26)23-18-6-4-7-19(14-18)25(28)29/h4,6-7,14-17H,5,8-13H2,1-3H3,(H,22,27)(H,23,26). The van der Waals surface area contributed by atoms with Crippen molar-refractivity contribution in [2.45, 2.75) is 52.2 Å². The summed E-state index contributed by atoms with van der Waals surface area (Å²) >= 11 is 0. The molecule has 1 heterocycles. The van der Waals surface area contributed by atoms with Crippen LogP contribution in [0.4, 0.5) is 11.4 Å². The summed E-state index contributed by atoms with van der Waals surface area (Å²) in [5, 5.41) is 16.6. The lowest BCUT2D eigenvalue weighted by Gasteiger charge is -2.34. The molecule has 0 aromatic heterocycles. The van der Waals surface area contributed by atoms with Gasteiger partial charge in [0.05, 0.1) is 17.1 Å². The number of ether oxygens (including phenoxy) is 1. The highest BCUT2D eigenvalue weighted by Crippen LogP contribution is 2.21. The van der Waals surface area contributed by atoms with E-state index in [2.05, 4.69) is 10.6 Å². The summed E-state index contributed by atoms with van der Waals surface area (Å²) in [7, 11) is 0. The summed E-state index contributed by atoms with van der Waals surface area (Å²) in [6.45, 7) is 8.31. The maximum Gasteiger partial charge on any atom is 0.271 e. The minimum Gasteiger partial charge on any atom is -0.379 e. The topological polar surface area (TPSA) is 114 Å². The maximum atomic E-state index is 12.5. The number of benzene rings is 1. The second kappa shape index (κ2) is 11.6. The van der Waals surface area contributed by atoms with E-state index in [0.29, 0.717) is 44.8 Å². The number of likely N-dealkylation sites (tertiary alicyclic amines) is 1. The van der Waals surface area contributed by atoms with Crippen LogP contribution in [0.25, 0.3) is 0 Å². The molecule has 2 rings (SSSR count). The van der Waals surface area contributed by atoms with Crippen LogP contribution in [0.15, 0.2) is 24.3 Å². The van der Waals surface area contributed by atoms with E-state index < -0.39 is 4.92 Å². The zero-order valence-electron chi connectivity index (χ0n) is 17.9. The molecule has 0 spiro atoms. The second-order valence-electron chi connectivity index (χ2n) is 7.85. The highest BCUT2D eigenvalue weighted by atomic mass is 16.6. The Morgan fingerprint density at radius 1 is 1.27 bits per heavy atom. The van der Waals surface area contributed by atoms with Gasteiger partial charge in [-0.3, -0.25) is 24.6 Å². The highest BCUT2D eigenvalue weighted by Gasteiger charge is 2.29. The smallest absolute Gasteiger partial charge is 0.271 e. The molecule has 30 heavy (non-hydrogen) atoms. The van der Waals surface area contributed by atoms with Gasteiger partial charge in [0, 0.05) is 36.9 Å². The van der Waals surface area contributed by atoms with E-state index in [9.17, 15) is 19.7 Å². The van der Waals surface area contributed by atoms with Crippen molar-refractivity contribution in [3.63, 3.8) is 0 Å². The van der Waals surface area contributed by atoms with Crippen molar-refractivity contribution in [3.05, 3.63) is 34.4 Å². The van der Waals surface area contributed by atoms with Crippen LogP contribution in [-0.2, 0) is 14.3 Å². The van der Waals surface area contributed by atoms with Crippen molar-refractivity contribution < 1.29 is 19.2 Å². The number of carbonyl (C=O) groups excluding carboxylic acids is 2. The van der Waals surface area contributed by atoms with Crippen molar-refractivity contribution in [2.75, 3.05) is 31.6 Å². The second-order valence-corrected chi connectivity index (χ2v) is 7.85. The molecule has 166 valence electrons. The zero-order valence-corrected chi connectivity index (χ0v) is 17.9. The van der Waals surface area contributed by atoms with Crippen LogP contribution in [0, 0.1) is 16.0 Å². The van der Waals surface area contributed by atoms with Gasteiger partial charge in [0.25, 0.3) is 5.69 Å². The molecule has 1 aromatic carbocycles. The third kappa shape index (κ3) is 7.38. The van der Waals surface area contributed by atoms with Gasteiger partial charge in [0.2, 0.25) is 11.8 Å². The first kappa shape index (κ1) is 23.8. The number of amides is 2. The number of nitrogens with zero attached hydrogens (tertiary/aromatic N) is 2. The first-order valence-electron chi connectivity index (χ1n) is 10.5. The Hall–Kier alpha value is -2.52. The van der Waals surface area contributed by atoms with Crippen LogP contribution in [0.2, 0.25) is 0 Å². The Labute approximate surface area is 177 Å². The number of hydrogen-bond donors (Lipinski definition) is 2. The number of rotatable bonds is 10. The van der Waals surface area contributed by atoms with Crippen molar-refractivity contribution >= 4 is 23.2 Å². The van der Waals surface area contributed by atoms with Gasteiger partial charge >= 0.3 is 0 Å². The van der Waals surface area contributed by atoms with Gasteiger partial charge in [-0.15, -0.1) is 0 Å². The molecule has 1 saturated heterocycles. The van der Waals surface area contributed by atoms with E-state index in [1.807, 2.05) is 25.7 Å². The molecule has 1 unspecified atom stereocenters. The minimum atomic E-state index is -0.494. The fourth-order valence-electron chi connectivity index (χ4n) is 3.41. The summed E-state index contributed by atoms with van der Waals surface area (Å²) in [6.07, 6.45) is 2.38. The maximum absolute atomic E-state index is 12.5. The Balaban J connectivity index is 1.74. The molecule has 1 fully saturated rings. The fraction of sp³-hybridized carbons (Fsp3) is 0.619. The molecular weight excluding hydrogens is 388 g/mol. The number of carbonyl (C=O) groups is 2. The molecule has 2 N–H and O–H groups in total. The van der Waals surface area contributed by atoms with Crippen LogP contribution in [0.5, 0.6) is 0 Å². The van der Waals surface area contributed by atoms with Crippen LogP contribution >= 0.6 is 0 Å². The Morgan fingerprint density at radius 3 is 2.60 bits per heavy atom. The molecule has 0 bridgehead atoms. The lowest BCUT2D eigenvalue weighted by molar-refractivity contribution is -0.384. The van der Waals surface area contributed by atoms with Crippen molar-refractivity contribution in [3.8, 4) is 0 Å². The number of hydrogen-bond acceptors (Lipinski definition) is 6. The molecule has 1 aliphatic heterocycles. The molecule has 9 nitrogen and oxygen atoms in total. The first-order valence-corrected chi connectivity index (χ1v) is 10.5. The molecule has 9 heteroatoms. The predicted octanol–water partition coefficient (Wildman–Crippen LogP) is 2.57. The lowest BCUT2D eigenvalue weighted by Crippen LogP contribution is -2.48. The van der Waals surface area contributed by atoms with Gasteiger partial charge in [0.1, 0.15) is 0 Å². The largest absolute Gasteiger partial charge is 0.379 e. The number of piperidine rings is 1. The quantitative estimate of drug-likeness (QED) is 0.342. The molecule has 0 radical (unpaired) electrons. The van der Waals surface area contributed by atoms with Crippen LogP contribution in [-0.4, -0.2) is 60.0 Å². The van der Waals surface area contributed by atoms with E-state index in [1.54, 1.807) is 6.07 Å². The normalized spacial score (nSPS) is 16.3. The molecule has 2 amide bonds. The SMILES string of the molecule is CC(C)OCCCNC(=O)C1CCN(C(C)C(=O)Nc2cccc([N+](=O)[O-])c2)CC1. The number of nitrogens with one attached hydrogen (secondary N) is 2. The third-order valence-corrected chi connectivity index (χ3v) is 5.22. The molecule has 1 atom stereocenters. The predicted molar refractivity (Wildman–Crippen MR) is 114 cm³/mol. The lowest BCUT2D eigenvalue weighted by atomic mass is 9.95. The van der Waals surface area contributed by atoms with E-state index >= 15 is 0 Å². The van der Waals surface area contributed by atoms with Crippen LogP contribution in [0.3, 0.4) is 0 Å². The number of anilines is 1. The molecule has 0 saturated carbocycles. The average Bonchev–Trinajstić information content (AvgIpc) is 2.72. The van der Waals surface area contributed by atoms with Gasteiger partial charge < -0.3 is 15.4 Å². The minimum absolute atomic E-state index is 0.0423. The van der Waals surface area contributed by atoms with Gasteiger partial charge in [-0.25, -0.2) is 0 Å². The van der Waals surface area contributed by atoms with Crippen LogP contribution in [0.1, 0.15) is 40.0 Å². The first-order chi connectivity index (χ1) is 14.3. The van der Waals surface area contributed by atoms with Crippen molar-refractivity contribution in [1.82, 2.24) is 10.2 Å². The summed E-state index contributed by atoms with van der Waals surface area (Å²) in [5.41, 5.74) is 0.333. The Bertz CT molecular complexity index is 732. The van der Waals surface area contributed by atoms with E-state index in [0.717, 1.165) is 6.42 Å². The number of nitro benzene ring substituents is 1. The fourth-order valence-corrected chi connectivity index (χ4v) is 3.41. The van der Waals surface area contributed by atoms with Gasteiger partial charge in [-0.05, 0) is 59.2 Å². The monoisotopic (exact) mass is 420 g/mol. The number of non-ortho nitro benzene ring substituents is 1. The molecule has 0 aliphatic carbocycles. The summed E-state index contributed by atoms with van der Waals surface area (Å²) in [6, 6.07) is 5.50. The van der Waals surface area contributed by atoms with Crippen molar-refractivity contribution in [2.24, 2.45) is 5.92 Å². The van der Waals surface area contributed by atoms with Crippen LogP contribution < -0.4 is 10.6 Å². The summed E-state index contributed by atoms with van der Waals surface area (Å²) in [4.78, 5) is 37.3. The molecule has 1 aromatic rings. The Morgan fingerprint density at radius 2 is 1.97 bits per heavy atom. The van der Waals surface area contributed by atoms with Gasteiger partial charge in [-0.1, -0.05) is 6.07 Å². The number of nitro groups is 1. The third-order valence-electron chi connectivity index (χ3n) is 5.22. The average molecular weight is 421 g/mol. The zero-order chi connectivity index (χ0) is 22.1. The highest BCUT2D eigenvalue weighted by molar-refractivity contribution is 5.94. The Kier molecular flexibility index (Phi) is 9.19. The molecule has 1 aliphatic rings. The van der Waals surface area contributed by atoms with E-state index in [1.165, 1.54) is 18.2 Å². The molecular formula is C21H32N4O5. The van der Waals surface area contributed by atoms with Gasteiger partial charge in [0.15, 0.2) is 0 Å². The van der Waals surface area contributed by atoms with Gasteiger partial charge in [-0.2, -0.15) is 0 Å². The van der Waals surface area contributed by atoms with E-state index in [4.69, 9.17) is 4.74 Å².